The monoisotopic (exact) mass is 346 g/mol. The number of hydrogen-bond acceptors (Lipinski definition) is 4. The highest BCUT2D eigenvalue weighted by molar-refractivity contribution is 6.61. The van der Waals surface area contributed by atoms with Crippen LogP contribution >= 0.6 is 0 Å². The zero-order chi connectivity index (χ0) is 17.8. The molecule has 2 fully saturated rings. The van der Waals surface area contributed by atoms with Gasteiger partial charge in [-0.3, -0.25) is 0 Å². The lowest BCUT2D eigenvalue weighted by Gasteiger charge is -2.32. The first-order chi connectivity index (χ1) is 11.0. The maximum absolute atomic E-state index is 13.4. The standard InChI is InChI=1S/C15H22BF3N2O3/c1-13(2)14(3,4)24-16(23-13)11-9-10(15(17,18)19)21(20-11)12-7-5-6-8-22-12/h9,12H,5-8H2,1-4H3. The van der Waals surface area contributed by atoms with Gasteiger partial charge in [0.05, 0.1) is 16.8 Å². The molecule has 0 aliphatic carbocycles. The summed E-state index contributed by atoms with van der Waals surface area (Å²) in [6.45, 7) is 7.82. The second-order valence-corrected chi connectivity index (χ2v) is 7.31. The van der Waals surface area contributed by atoms with Crippen molar-refractivity contribution in [3.63, 3.8) is 0 Å². The quantitative estimate of drug-likeness (QED) is 0.773. The lowest BCUT2D eigenvalue weighted by Crippen LogP contribution is -2.41. The summed E-state index contributed by atoms with van der Waals surface area (Å²) in [5, 5.41) is 4.14. The Labute approximate surface area is 139 Å². The van der Waals surface area contributed by atoms with Gasteiger partial charge in [-0.1, -0.05) is 0 Å². The Kier molecular flexibility index (Phi) is 4.25. The van der Waals surface area contributed by atoms with Crippen molar-refractivity contribution in [2.45, 2.75) is 70.6 Å². The molecule has 0 amide bonds. The molecule has 9 heteroatoms. The van der Waals surface area contributed by atoms with Crippen LogP contribution in [0.1, 0.15) is 58.9 Å². The lowest BCUT2D eigenvalue weighted by molar-refractivity contribution is -0.152. The summed E-state index contributed by atoms with van der Waals surface area (Å²) in [5.74, 6) is 0. The van der Waals surface area contributed by atoms with E-state index in [1.807, 2.05) is 27.7 Å². The van der Waals surface area contributed by atoms with Crippen molar-refractivity contribution in [2.24, 2.45) is 0 Å². The molecular weight excluding hydrogens is 324 g/mol. The van der Waals surface area contributed by atoms with Crippen LogP contribution in [-0.2, 0) is 20.2 Å². The number of hydrogen-bond donors (Lipinski definition) is 0. The van der Waals surface area contributed by atoms with Crippen LogP contribution in [-0.4, -0.2) is 34.7 Å². The van der Waals surface area contributed by atoms with Gasteiger partial charge in [-0.15, -0.1) is 0 Å². The molecule has 3 rings (SSSR count). The van der Waals surface area contributed by atoms with Crippen LogP contribution < -0.4 is 5.59 Å². The Morgan fingerprint density at radius 2 is 1.79 bits per heavy atom. The molecule has 0 radical (unpaired) electrons. The number of alkyl halides is 3. The molecule has 1 aromatic heterocycles. The molecule has 134 valence electrons. The van der Waals surface area contributed by atoms with Gasteiger partial charge in [0.2, 0.25) is 0 Å². The summed E-state index contributed by atoms with van der Waals surface area (Å²) in [5.41, 5.74) is -1.99. The zero-order valence-electron chi connectivity index (χ0n) is 14.3. The highest BCUT2D eigenvalue weighted by Crippen LogP contribution is 2.37. The Morgan fingerprint density at radius 3 is 2.29 bits per heavy atom. The molecule has 3 heterocycles. The minimum Gasteiger partial charge on any atom is -0.398 e. The fourth-order valence-corrected chi connectivity index (χ4v) is 2.84. The summed E-state index contributed by atoms with van der Waals surface area (Å²) < 4.78 is 58.3. The average Bonchev–Trinajstić information content (AvgIpc) is 2.99. The van der Waals surface area contributed by atoms with Crippen LogP contribution in [0.3, 0.4) is 0 Å². The van der Waals surface area contributed by atoms with Crippen LogP contribution in [0.5, 0.6) is 0 Å². The minimum atomic E-state index is -4.52. The summed E-state index contributed by atoms with van der Waals surface area (Å²) >= 11 is 0. The molecule has 0 saturated carbocycles. The van der Waals surface area contributed by atoms with Crippen LogP contribution in [0.15, 0.2) is 6.07 Å². The molecule has 0 aromatic carbocycles. The normalized spacial score (nSPS) is 26.8. The van der Waals surface area contributed by atoms with Crippen molar-refractivity contribution in [2.75, 3.05) is 6.61 Å². The maximum Gasteiger partial charge on any atom is 0.516 e. The first-order valence-electron chi connectivity index (χ1n) is 8.15. The van der Waals surface area contributed by atoms with E-state index in [0.717, 1.165) is 23.6 Å². The van der Waals surface area contributed by atoms with Crippen molar-refractivity contribution >= 4 is 12.7 Å². The van der Waals surface area contributed by atoms with Gasteiger partial charge in [-0.25, -0.2) is 4.68 Å². The third-order valence-corrected chi connectivity index (χ3v) is 4.97. The van der Waals surface area contributed by atoms with Crippen LogP contribution in [0.4, 0.5) is 13.2 Å². The van der Waals surface area contributed by atoms with Crippen molar-refractivity contribution in [1.29, 1.82) is 0 Å². The van der Waals surface area contributed by atoms with Crippen LogP contribution in [0.2, 0.25) is 0 Å². The van der Waals surface area contributed by atoms with E-state index in [2.05, 4.69) is 5.10 Å². The Morgan fingerprint density at radius 1 is 1.17 bits per heavy atom. The molecule has 1 aromatic rings. The molecule has 2 saturated heterocycles. The molecule has 2 aliphatic rings. The second kappa shape index (κ2) is 5.74. The average molecular weight is 346 g/mol. The topological polar surface area (TPSA) is 45.5 Å². The number of aromatic nitrogens is 2. The van der Waals surface area contributed by atoms with Crippen molar-refractivity contribution in [3.05, 3.63) is 11.8 Å². The van der Waals surface area contributed by atoms with E-state index in [9.17, 15) is 13.2 Å². The molecule has 0 spiro atoms. The van der Waals surface area contributed by atoms with Crippen molar-refractivity contribution in [3.8, 4) is 0 Å². The van der Waals surface area contributed by atoms with E-state index in [1.54, 1.807) is 0 Å². The van der Waals surface area contributed by atoms with Gasteiger partial charge in [-0.2, -0.15) is 18.3 Å². The molecular formula is C15H22BF3N2O3. The van der Waals surface area contributed by atoms with Gasteiger partial charge in [0, 0.05) is 6.61 Å². The van der Waals surface area contributed by atoms with E-state index in [0.29, 0.717) is 13.0 Å². The van der Waals surface area contributed by atoms with E-state index >= 15 is 0 Å². The molecule has 1 unspecified atom stereocenters. The second-order valence-electron chi connectivity index (χ2n) is 7.31. The van der Waals surface area contributed by atoms with Gasteiger partial charge in [0.1, 0.15) is 5.69 Å². The predicted molar refractivity (Wildman–Crippen MR) is 81.8 cm³/mol. The third kappa shape index (κ3) is 3.09. The Balaban J connectivity index is 1.94. The first-order valence-corrected chi connectivity index (χ1v) is 8.15. The third-order valence-electron chi connectivity index (χ3n) is 4.97. The van der Waals surface area contributed by atoms with E-state index < -0.39 is 36.4 Å². The molecule has 5 nitrogen and oxygen atoms in total. The van der Waals surface area contributed by atoms with E-state index in [-0.39, 0.29) is 5.59 Å². The fourth-order valence-electron chi connectivity index (χ4n) is 2.84. The van der Waals surface area contributed by atoms with Gasteiger partial charge in [-0.05, 0) is 53.0 Å². The van der Waals surface area contributed by atoms with E-state index in [4.69, 9.17) is 14.0 Å². The SMILES string of the molecule is CC1(C)OB(c2cc(C(F)(F)F)n(C3CCCCO3)n2)OC1(C)C. The Hall–Kier alpha value is -1.06. The minimum absolute atomic E-state index is 0.121. The van der Waals surface area contributed by atoms with Crippen LogP contribution in [0.25, 0.3) is 0 Å². The predicted octanol–water partition coefficient (Wildman–Crippen LogP) is 2.90. The van der Waals surface area contributed by atoms with Gasteiger partial charge >= 0.3 is 13.3 Å². The Bertz CT molecular complexity index is 594. The van der Waals surface area contributed by atoms with Gasteiger partial charge < -0.3 is 14.0 Å². The molecule has 2 aliphatic heterocycles. The van der Waals surface area contributed by atoms with Gasteiger partial charge in [0.15, 0.2) is 6.23 Å². The summed E-state index contributed by atoms with van der Waals surface area (Å²) in [6.07, 6.45) is -3.05. The number of halogens is 3. The fraction of sp³-hybridized carbons (Fsp3) is 0.800. The van der Waals surface area contributed by atoms with Crippen molar-refractivity contribution < 1.29 is 27.2 Å². The maximum atomic E-state index is 13.4. The largest absolute Gasteiger partial charge is 0.516 e. The molecule has 24 heavy (non-hydrogen) atoms. The summed E-state index contributed by atoms with van der Waals surface area (Å²) in [4.78, 5) is 0. The number of ether oxygens (including phenoxy) is 1. The molecule has 0 N–H and O–H groups in total. The summed E-state index contributed by atoms with van der Waals surface area (Å²) in [6, 6.07) is 1.00. The lowest BCUT2D eigenvalue weighted by atomic mass is 9.85. The number of rotatable bonds is 2. The molecule has 0 bridgehead atoms. The zero-order valence-corrected chi connectivity index (χ0v) is 14.3. The number of nitrogens with zero attached hydrogens (tertiary/aromatic N) is 2. The highest BCUT2D eigenvalue weighted by atomic mass is 19.4. The van der Waals surface area contributed by atoms with Gasteiger partial charge in [0.25, 0.3) is 0 Å². The highest BCUT2D eigenvalue weighted by Gasteiger charge is 2.53. The smallest absolute Gasteiger partial charge is 0.398 e. The first kappa shape index (κ1) is 17.8. The molecule has 1 atom stereocenters. The summed E-state index contributed by atoms with van der Waals surface area (Å²) in [7, 11) is -0.930. The van der Waals surface area contributed by atoms with E-state index in [1.165, 1.54) is 0 Å². The van der Waals surface area contributed by atoms with Crippen LogP contribution in [0, 0.1) is 0 Å². The van der Waals surface area contributed by atoms with Crippen molar-refractivity contribution in [1.82, 2.24) is 9.78 Å².